The van der Waals surface area contributed by atoms with Gasteiger partial charge in [0.25, 0.3) is 5.91 Å². The number of anilines is 2. The van der Waals surface area contributed by atoms with Gasteiger partial charge in [0.2, 0.25) is 0 Å². The third-order valence-electron chi connectivity index (χ3n) is 3.63. The molecule has 3 rings (SSSR count). The number of amides is 2. The van der Waals surface area contributed by atoms with Gasteiger partial charge in [-0.25, -0.2) is 4.79 Å². The quantitative estimate of drug-likeness (QED) is 0.835. The van der Waals surface area contributed by atoms with Crippen molar-refractivity contribution in [1.82, 2.24) is 0 Å². The number of nitrogens with two attached hydrogens (primary N) is 1. The van der Waals surface area contributed by atoms with Gasteiger partial charge < -0.3 is 15.8 Å². The highest BCUT2D eigenvalue weighted by atomic mass is 32.1. The summed E-state index contributed by atoms with van der Waals surface area (Å²) in [7, 11) is 0. The Labute approximate surface area is 144 Å². The zero-order chi connectivity index (χ0) is 17.1. The van der Waals surface area contributed by atoms with Crippen LogP contribution in [0.2, 0.25) is 0 Å². The highest BCUT2D eigenvalue weighted by molar-refractivity contribution is 7.80. The van der Waals surface area contributed by atoms with Gasteiger partial charge in [-0.3, -0.25) is 9.69 Å². The van der Waals surface area contributed by atoms with Crippen LogP contribution in [-0.2, 0) is 4.74 Å². The van der Waals surface area contributed by atoms with E-state index in [1.54, 1.807) is 53.4 Å². The van der Waals surface area contributed by atoms with E-state index in [9.17, 15) is 9.59 Å². The van der Waals surface area contributed by atoms with Gasteiger partial charge in [0.1, 0.15) is 11.6 Å². The van der Waals surface area contributed by atoms with Crippen molar-refractivity contribution >= 4 is 40.6 Å². The van der Waals surface area contributed by atoms with Crippen molar-refractivity contribution in [2.24, 2.45) is 5.73 Å². The highest BCUT2D eigenvalue weighted by Gasteiger charge is 2.23. The lowest BCUT2D eigenvalue weighted by molar-refractivity contribution is 0.102. The maximum Gasteiger partial charge on any atom is 0.414 e. The minimum Gasteiger partial charge on any atom is -0.447 e. The summed E-state index contributed by atoms with van der Waals surface area (Å²) >= 11 is 4.88. The molecule has 0 bridgehead atoms. The first kappa shape index (κ1) is 15.9. The monoisotopic (exact) mass is 341 g/mol. The maximum absolute atomic E-state index is 12.2. The van der Waals surface area contributed by atoms with Crippen molar-refractivity contribution in [2.75, 3.05) is 23.4 Å². The van der Waals surface area contributed by atoms with Gasteiger partial charge in [-0.05, 0) is 36.4 Å². The highest BCUT2D eigenvalue weighted by Crippen LogP contribution is 2.21. The molecule has 0 atom stereocenters. The molecule has 1 heterocycles. The van der Waals surface area contributed by atoms with Gasteiger partial charge >= 0.3 is 6.09 Å². The molecule has 0 unspecified atom stereocenters. The molecule has 0 aromatic heterocycles. The summed E-state index contributed by atoms with van der Waals surface area (Å²) in [5, 5.41) is 2.80. The third kappa shape index (κ3) is 3.36. The summed E-state index contributed by atoms with van der Waals surface area (Å²) in [6.45, 7) is 0.916. The number of nitrogens with zero attached hydrogens (tertiary/aromatic N) is 1. The minimum absolute atomic E-state index is 0.238. The van der Waals surface area contributed by atoms with E-state index in [-0.39, 0.29) is 17.0 Å². The third-order valence-corrected chi connectivity index (χ3v) is 3.86. The molecule has 122 valence electrons. The summed E-state index contributed by atoms with van der Waals surface area (Å²) in [5.74, 6) is -0.238. The van der Waals surface area contributed by atoms with Crippen molar-refractivity contribution in [3.63, 3.8) is 0 Å². The van der Waals surface area contributed by atoms with Crippen LogP contribution in [0.25, 0.3) is 0 Å². The van der Waals surface area contributed by atoms with E-state index in [0.717, 1.165) is 5.69 Å². The number of ether oxygens (including phenoxy) is 1. The number of thiocarbonyl (C=S) groups is 1. The summed E-state index contributed by atoms with van der Waals surface area (Å²) in [6.07, 6.45) is -0.357. The topological polar surface area (TPSA) is 84.7 Å². The standard InChI is InChI=1S/C17H15N3O3S/c18-15(24)11-1-3-12(4-2-11)16(21)19-13-5-7-14(8-6-13)20-9-10-23-17(20)22/h1-8H,9-10H2,(H2,18,24)(H,19,21). The van der Waals surface area contributed by atoms with E-state index in [0.29, 0.717) is 30.0 Å². The first-order valence-corrected chi connectivity index (χ1v) is 7.71. The van der Waals surface area contributed by atoms with Gasteiger partial charge in [0.05, 0.1) is 6.54 Å². The van der Waals surface area contributed by atoms with Crippen molar-refractivity contribution < 1.29 is 14.3 Å². The predicted octanol–water partition coefficient (Wildman–Crippen LogP) is 2.53. The fourth-order valence-electron chi connectivity index (χ4n) is 2.34. The van der Waals surface area contributed by atoms with Gasteiger partial charge in [-0.1, -0.05) is 24.4 Å². The molecule has 3 N–H and O–H groups in total. The summed E-state index contributed by atoms with van der Waals surface area (Å²) < 4.78 is 4.90. The fourth-order valence-corrected chi connectivity index (χ4v) is 2.48. The van der Waals surface area contributed by atoms with Gasteiger partial charge in [-0.15, -0.1) is 0 Å². The Morgan fingerprint density at radius 2 is 1.71 bits per heavy atom. The SMILES string of the molecule is NC(=S)c1ccc(C(=O)Nc2ccc(N3CCOC3=O)cc2)cc1. The van der Waals surface area contributed by atoms with Crippen molar-refractivity contribution in [3.8, 4) is 0 Å². The van der Waals surface area contributed by atoms with Crippen LogP contribution in [0, 0.1) is 0 Å². The Hall–Kier alpha value is -2.93. The lowest BCUT2D eigenvalue weighted by atomic mass is 10.1. The lowest BCUT2D eigenvalue weighted by Crippen LogP contribution is -2.23. The second-order valence-corrected chi connectivity index (χ2v) is 5.65. The zero-order valence-electron chi connectivity index (χ0n) is 12.7. The van der Waals surface area contributed by atoms with E-state index in [2.05, 4.69) is 5.32 Å². The Morgan fingerprint density at radius 3 is 2.25 bits per heavy atom. The molecule has 2 aromatic rings. The summed E-state index contributed by atoms with van der Waals surface area (Å²) in [5.41, 5.74) is 8.11. The molecule has 0 spiro atoms. The smallest absolute Gasteiger partial charge is 0.414 e. The lowest BCUT2D eigenvalue weighted by Gasteiger charge is -2.13. The molecule has 6 nitrogen and oxygen atoms in total. The van der Waals surface area contributed by atoms with Gasteiger partial charge in [0, 0.05) is 22.5 Å². The number of hydrogen-bond acceptors (Lipinski definition) is 4. The van der Waals surface area contributed by atoms with E-state index in [4.69, 9.17) is 22.7 Å². The van der Waals surface area contributed by atoms with Crippen LogP contribution in [0.3, 0.4) is 0 Å². The van der Waals surface area contributed by atoms with Crippen molar-refractivity contribution in [2.45, 2.75) is 0 Å². The number of nitrogens with one attached hydrogen (secondary N) is 1. The molecular formula is C17H15N3O3S. The van der Waals surface area contributed by atoms with Crippen molar-refractivity contribution in [1.29, 1.82) is 0 Å². The van der Waals surface area contributed by atoms with Gasteiger partial charge in [-0.2, -0.15) is 0 Å². The molecule has 1 fully saturated rings. The minimum atomic E-state index is -0.357. The van der Waals surface area contributed by atoms with E-state index in [1.165, 1.54) is 0 Å². The number of cyclic esters (lactones) is 1. The van der Waals surface area contributed by atoms with Crippen LogP contribution < -0.4 is 16.0 Å². The Bertz CT molecular complexity index is 788. The second kappa shape index (κ2) is 6.67. The van der Waals surface area contributed by atoms with Crippen LogP contribution in [-0.4, -0.2) is 30.1 Å². The Kier molecular flexibility index (Phi) is 4.43. The average Bonchev–Trinajstić information content (AvgIpc) is 3.01. The first-order valence-electron chi connectivity index (χ1n) is 7.30. The molecule has 1 aliphatic heterocycles. The molecular weight excluding hydrogens is 326 g/mol. The van der Waals surface area contributed by atoms with E-state index < -0.39 is 0 Å². The summed E-state index contributed by atoms with van der Waals surface area (Å²) in [6, 6.07) is 13.7. The Morgan fingerprint density at radius 1 is 1.08 bits per heavy atom. The number of benzene rings is 2. The average molecular weight is 341 g/mol. The van der Waals surface area contributed by atoms with Crippen LogP contribution in [0.4, 0.5) is 16.2 Å². The van der Waals surface area contributed by atoms with Crippen LogP contribution in [0.5, 0.6) is 0 Å². The zero-order valence-corrected chi connectivity index (χ0v) is 13.5. The molecule has 1 aliphatic rings. The van der Waals surface area contributed by atoms with Crippen LogP contribution >= 0.6 is 12.2 Å². The Balaban J connectivity index is 1.68. The number of rotatable bonds is 4. The van der Waals surface area contributed by atoms with Crippen molar-refractivity contribution in [3.05, 3.63) is 59.7 Å². The predicted molar refractivity (Wildman–Crippen MR) is 95.4 cm³/mol. The molecule has 0 saturated carbocycles. The van der Waals surface area contributed by atoms with Gasteiger partial charge in [0.15, 0.2) is 0 Å². The number of carbonyl (C=O) groups excluding carboxylic acids is 2. The van der Waals surface area contributed by atoms with E-state index in [1.807, 2.05) is 0 Å². The second-order valence-electron chi connectivity index (χ2n) is 5.21. The molecule has 0 aliphatic carbocycles. The van der Waals surface area contributed by atoms with Crippen LogP contribution in [0.15, 0.2) is 48.5 Å². The number of carbonyl (C=O) groups is 2. The van der Waals surface area contributed by atoms with Crippen LogP contribution in [0.1, 0.15) is 15.9 Å². The molecule has 1 saturated heterocycles. The molecule has 0 radical (unpaired) electrons. The normalized spacial score (nSPS) is 13.5. The summed E-state index contributed by atoms with van der Waals surface area (Å²) in [4.78, 5) is 25.6. The maximum atomic E-state index is 12.2. The molecule has 24 heavy (non-hydrogen) atoms. The molecule has 2 amide bonds. The van der Waals surface area contributed by atoms with E-state index >= 15 is 0 Å². The first-order chi connectivity index (χ1) is 11.5. The molecule has 7 heteroatoms. The fraction of sp³-hybridized carbons (Fsp3) is 0.118. The molecule has 2 aromatic carbocycles. The number of hydrogen-bond donors (Lipinski definition) is 2. The largest absolute Gasteiger partial charge is 0.447 e.